The lowest BCUT2D eigenvalue weighted by molar-refractivity contribution is 0.622. The van der Waals surface area contributed by atoms with Crippen LogP contribution in [0.5, 0.6) is 0 Å². The summed E-state index contributed by atoms with van der Waals surface area (Å²) in [5, 5.41) is 2.61. The molecule has 2 nitrogen and oxygen atoms in total. The molecular formula is C8H8BrFN2S. The normalized spacial score (nSPS) is 9.77. The van der Waals surface area contributed by atoms with Gasteiger partial charge in [-0.25, -0.2) is 4.39 Å². The summed E-state index contributed by atoms with van der Waals surface area (Å²) in [5.41, 5.74) is 6.06. The lowest BCUT2D eigenvalue weighted by Gasteiger charge is -2.07. The van der Waals surface area contributed by atoms with Crippen molar-refractivity contribution in [2.24, 2.45) is 5.73 Å². The average molecular weight is 263 g/mol. The van der Waals surface area contributed by atoms with Gasteiger partial charge in [-0.3, -0.25) is 0 Å². The van der Waals surface area contributed by atoms with Crippen molar-refractivity contribution in [1.29, 1.82) is 0 Å². The predicted molar refractivity (Wildman–Crippen MR) is 59.2 cm³/mol. The van der Waals surface area contributed by atoms with Gasteiger partial charge in [0.1, 0.15) is 5.82 Å². The number of hydrogen-bond acceptors (Lipinski definition) is 1. The average Bonchev–Trinajstić information content (AvgIpc) is 1.98. The highest BCUT2D eigenvalue weighted by Gasteiger charge is 2.06. The lowest BCUT2D eigenvalue weighted by atomic mass is 10.2. The van der Waals surface area contributed by atoms with Crippen molar-refractivity contribution < 1.29 is 4.39 Å². The molecule has 70 valence electrons. The third-order valence-corrected chi connectivity index (χ3v) is 2.04. The topological polar surface area (TPSA) is 38.0 Å². The summed E-state index contributed by atoms with van der Waals surface area (Å²) >= 11 is 7.85. The Morgan fingerprint density at radius 1 is 1.62 bits per heavy atom. The summed E-state index contributed by atoms with van der Waals surface area (Å²) < 4.78 is 14.1. The van der Waals surface area contributed by atoms with Gasteiger partial charge in [-0.05, 0) is 36.8 Å². The number of rotatable bonds is 1. The smallest absolute Gasteiger partial charge is 0.168 e. The van der Waals surface area contributed by atoms with E-state index in [0.717, 1.165) is 4.47 Å². The van der Waals surface area contributed by atoms with Gasteiger partial charge < -0.3 is 11.1 Å². The quantitative estimate of drug-likeness (QED) is 0.765. The molecule has 0 aromatic heterocycles. The molecule has 0 aliphatic heterocycles. The van der Waals surface area contributed by atoms with E-state index >= 15 is 0 Å². The number of hydrogen-bond donors (Lipinski definition) is 2. The largest absolute Gasteiger partial charge is 0.376 e. The van der Waals surface area contributed by atoms with Gasteiger partial charge >= 0.3 is 0 Å². The van der Waals surface area contributed by atoms with E-state index in [0.29, 0.717) is 11.3 Å². The second-order valence-electron chi connectivity index (χ2n) is 2.57. The molecule has 0 fully saturated rings. The molecule has 0 atom stereocenters. The number of anilines is 1. The van der Waals surface area contributed by atoms with Crippen LogP contribution in [0.15, 0.2) is 16.6 Å². The molecule has 1 aromatic rings. The van der Waals surface area contributed by atoms with Gasteiger partial charge in [0.05, 0.1) is 5.69 Å². The van der Waals surface area contributed by atoms with Crippen LogP contribution < -0.4 is 11.1 Å². The van der Waals surface area contributed by atoms with Crippen molar-refractivity contribution in [1.82, 2.24) is 0 Å². The highest BCUT2D eigenvalue weighted by molar-refractivity contribution is 9.10. The third-order valence-electron chi connectivity index (χ3n) is 1.48. The van der Waals surface area contributed by atoms with E-state index in [1.165, 1.54) is 0 Å². The Hall–Kier alpha value is -0.680. The van der Waals surface area contributed by atoms with Crippen LogP contribution in [0.1, 0.15) is 5.56 Å². The molecule has 0 radical (unpaired) electrons. The number of benzene rings is 1. The van der Waals surface area contributed by atoms with Crippen LogP contribution in [-0.2, 0) is 0 Å². The fourth-order valence-corrected chi connectivity index (χ4v) is 1.63. The SMILES string of the molecule is Cc1cc(Br)cc(NC(N)=S)c1F. The number of aryl methyl sites for hydroxylation is 1. The summed E-state index contributed by atoms with van der Waals surface area (Å²) in [5.74, 6) is -0.337. The van der Waals surface area contributed by atoms with Gasteiger partial charge in [0.15, 0.2) is 5.11 Å². The van der Waals surface area contributed by atoms with Gasteiger partial charge in [0, 0.05) is 4.47 Å². The van der Waals surface area contributed by atoms with Gasteiger partial charge in [-0.1, -0.05) is 15.9 Å². The zero-order valence-corrected chi connectivity index (χ0v) is 9.30. The fraction of sp³-hybridized carbons (Fsp3) is 0.125. The van der Waals surface area contributed by atoms with Gasteiger partial charge in [0.25, 0.3) is 0 Å². The van der Waals surface area contributed by atoms with Crippen molar-refractivity contribution in [3.63, 3.8) is 0 Å². The maximum atomic E-state index is 13.3. The molecule has 0 unspecified atom stereocenters. The fourth-order valence-electron chi connectivity index (χ4n) is 0.949. The molecule has 3 N–H and O–H groups in total. The first-order chi connectivity index (χ1) is 6.00. The molecule has 0 aliphatic rings. The first-order valence-electron chi connectivity index (χ1n) is 3.53. The number of halogens is 2. The standard InChI is InChI=1S/C8H8BrFN2S/c1-4-2-5(9)3-6(7(4)10)12-8(11)13/h2-3H,1H3,(H3,11,12,13). The Bertz CT molecular complexity index is 354. The summed E-state index contributed by atoms with van der Waals surface area (Å²) in [6.45, 7) is 1.67. The third kappa shape index (κ3) is 2.63. The van der Waals surface area contributed by atoms with Crippen molar-refractivity contribution in [2.75, 3.05) is 5.32 Å². The van der Waals surface area contributed by atoms with E-state index < -0.39 is 0 Å². The van der Waals surface area contributed by atoms with Crippen LogP contribution in [-0.4, -0.2) is 5.11 Å². The van der Waals surface area contributed by atoms with Crippen LogP contribution in [0.2, 0.25) is 0 Å². The highest BCUT2D eigenvalue weighted by Crippen LogP contribution is 2.23. The maximum absolute atomic E-state index is 13.3. The Morgan fingerprint density at radius 2 is 2.23 bits per heavy atom. The van der Waals surface area contributed by atoms with Crippen molar-refractivity contribution >= 4 is 38.9 Å². The van der Waals surface area contributed by atoms with E-state index in [2.05, 4.69) is 33.5 Å². The Labute approximate surface area is 89.4 Å². The zero-order valence-electron chi connectivity index (χ0n) is 6.90. The van der Waals surface area contributed by atoms with Gasteiger partial charge in [-0.2, -0.15) is 0 Å². The summed E-state index contributed by atoms with van der Waals surface area (Å²) in [6.07, 6.45) is 0. The van der Waals surface area contributed by atoms with E-state index in [-0.39, 0.29) is 10.9 Å². The molecular weight excluding hydrogens is 255 g/mol. The molecule has 0 bridgehead atoms. The molecule has 0 spiro atoms. The first-order valence-corrected chi connectivity index (χ1v) is 4.73. The lowest BCUT2D eigenvalue weighted by Crippen LogP contribution is -2.19. The molecule has 5 heteroatoms. The van der Waals surface area contributed by atoms with Crippen molar-refractivity contribution in [3.8, 4) is 0 Å². The summed E-state index contributed by atoms with van der Waals surface area (Å²) in [4.78, 5) is 0. The number of nitrogens with two attached hydrogens (primary N) is 1. The maximum Gasteiger partial charge on any atom is 0.168 e. The summed E-state index contributed by atoms with van der Waals surface area (Å²) in [6, 6.07) is 3.27. The second-order valence-corrected chi connectivity index (χ2v) is 3.93. The van der Waals surface area contributed by atoms with E-state index in [1.54, 1.807) is 19.1 Å². The summed E-state index contributed by atoms with van der Waals surface area (Å²) in [7, 11) is 0. The van der Waals surface area contributed by atoms with Crippen LogP contribution in [0, 0.1) is 12.7 Å². The monoisotopic (exact) mass is 262 g/mol. The number of thiocarbonyl (C=S) groups is 1. The van der Waals surface area contributed by atoms with Crippen LogP contribution in [0.25, 0.3) is 0 Å². The Morgan fingerprint density at radius 3 is 2.77 bits per heavy atom. The molecule has 0 aliphatic carbocycles. The molecule has 1 rings (SSSR count). The minimum atomic E-state index is -0.337. The van der Waals surface area contributed by atoms with E-state index in [4.69, 9.17) is 5.73 Å². The van der Waals surface area contributed by atoms with Crippen molar-refractivity contribution in [3.05, 3.63) is 28.0 Å². The minimum absolute atomic E-state index is 0.0522. The minimum Gasteiger partial charge on any atom is -0.376 e. The highest BCUT2D eigenvalue weighted by atomic mass is 79.9. The van der Waals surface area contributed by atoms with Crippen LogP contribution >= 0.6 is 28.1 Å². The molecule has 0 saturated heterocycles. The second kappa shape index (κ2) is 4.02. The molecule has 1 aromatic carbocycles. The Kier molecular flexibility index (Phi) is 3.22. The van der Waals surface area contributed by atoms with Crippen LogP contribution in [0.4, 0.5) is 10.1 Å². The zero-order chi connectivity index (χ0) is 10.0. The van der Waals surface area contributed by atoms with E-state index in [9.17, 15) is 4.39 Å². The number of nitrogens with one attached hydrogen (secondary N) is 1. The van der Waals surface area contributed by atoms with Gasteiger partial charge in [0.2, 0.25) is 0 Å². The predicted octanol–water partition coefficient (Wildman–Crippen LogP) is 2.55. The molecule has 0 amide bonds. The molecule has 0 heterocycles. The van der Waals surface area contributed by atoms with Crippen molar-refractivity contribution in [2.45, 2.75) is 6.92 Å². The van der Waals surface area contributed by atoms with Crippen LogP contribution in [0.3, 0.4) is 0 Å². The van der Waals surface area contributed by atoms with Gasteiger partial charge in [-0.15, -0.1) is 0 Å². The van der Waals surface area contributed by atoms with E-state index in [1.807, 2.05) is 0 Å². The molecule has 0 saturated carbocycles. The first kappa shape index (κ1) is 10.4. The Balaban J connectivity index is 3.12. The molecule has 13 heavy (non-hydrogen) atoms.